The van der Waals surface area contributed by atoms with Crippen LogP contribution in [0.2, 0.25) is 0 Å². The van der Waals surface area contributed by atoms with Crippen molar-refractivity contribution in [2.75, 3.05) is 19.9 Å². The Bertz CT molecular complexity index is 470. The number of piperidine rings is 1. The Kier molecular flexibility index (Phi) is 3.55. The highest BCUT2D eigenvalue weighted by molar-refractivity contribution is 5.78. The zero-order valence-electron chi connectivity index (χ0n) is 10.8. The predicted octanol–water partition coefficient (Wildman–Crippen LogP) is 1.03. The molecule has 5 nitrogen and oxygen atoms in total. The number of para-hydroxylation sites is 1. The van der Waals surface area contributed by atoms with E-state index in [-0.39, 0.29) is 18.6 Å². The van der Waals surface area contributed by atoms with Crippen molar-refractivity contribution in [3.63, 3.8) is 0 Å². The third-order valence-electron chi connectivity index (χ3n) is 3.64. The quantitative estimate of drug-likeness (QED) is 0.854. The van der Waals surface area contributed by atoms with Crippen molar-refractivity contribution in [1.29, 1.82) is 0 Å². The summed E-state index contributed by atoms with van der Waals surface area (Å²) in [5, 5.41) is 6.26. The first kappa shape index (κ1) is 12.3. The molecule has 1 fully saturated rings. The molecular formula is C14H18N2O3. The summed E-state index contributed by atoms with van der Waals surface area (Å²) in [6.45, 7) is 2.61. The Morgan fingerprint density at radius 3 is 3.00 bits per heavy atom. The van der Waals surface area contributed by atoms with Crippen molar-refractivity contribution in [1.82, 2.24) is 10.6 Å². The first-order valence-electron chi connectivity index (χ1n) is 6.70. The third-order valence-corrected chi connectivity index (χ3v) is 3.64. The maximum Gasteiger partial charge on any atom is 0.231 e. The molecule has 0 aliphatic carbocycles. The number of fused-ring (bicyclic) bond motifs is 1. The summed E-state index contributed by atoms with van der Waals surface area (Å²) in [5.41, 5.74) is 0.970. The molecule has 2 aliphatic rings. The van der Waals surface area contributed by atoms with Crippen molar-refractivity contribution in [2.45, 2.75) is 19.4 Å². The molecular weight excluding hydrogens is 244 g/mol. The van der Waals surface area contributed by atoms with Crippen molar-refractivity contribution in [3.8, 4) is 11.5 Å². The summed E-state index contributed by atoms with van der Waals surface area (Å²) < 4.78 is 10.7. The van der Waals surface area contributed by atoms with Crippen LogP contribution in [0.5, 0.6) is 11.5 Å². The first-order valence-corrected chi connectivity index (χ1v) is 6.70. The molecule has 2 N–H and O–H groups in total. The zero-order valence-corrected chi connectivity index (χ0v) is 10.8. The van der Waals surface area contributed by atoms with Gasteiger partial charge in [0.15, 0.2) is 11.5 Å². The molecule has 3 rings (SSSR count). The molecule has 1 saturated heterocycles. The van der Waals surface area contributed by atoms with Gasteiger partial charge >= 0.3 is 0 Å². The lowest BCUT2D eigenvalue weighted by atomic mass is 9.97. The minimum absolute atomic E-state index is 0.134. The molecule has 0 saturated carbocycles. The fourth-order valence-electron chi connectivity index (χ4n) is 2.54. The molecule has 19 heavy (non-hydrogen) atoms. The van der Waals surface area contributed by atoms with Gasteiger partial charge < -0.3 is 20.1 Å². The van der Waals surface area contributed by atoms with Crippen molar-refractivity contribution in [2.24, 2.45) is 5.92 Å². The molecule has 1 aromatic rings. The van der Waals surface area contributed by atoms with Gasteiger partial charge in [-0.1, -0.05) is 12.1 Å². The normalized spacial score (nSPS) is 18.3. The van der Waals surface area contributed by atoms with Crippen LogP contribution >= 0.6 is 0 Å². The number of hydrogen-bond donors (Lipinski definition) is 2. The first-order chi connectivity index (χ1) is 9.34. The van der Waals surface area contributed by atoms with E-state index in [1.807, 2.05) is 18.2 Å². The van der Waals surface area contributed by atoms with E-state index >= 15 is 0 Å². The largest absolute Gasteiger partial charge is 0.454 e. The number of carbonyl (C=O) groups excluding carboxylic acids is 1. The van der Waals surface area contributed by atoms with Gasteiger partial charge in [0.25, 0.3) is 0 Å². The van der Waals surface area contributed by atoms with Crippen LogP contribution in [-0.4, -0.2) is 25.8 Å². The van der Waals surface area contributed by atoms with E-state index in [4.69, 9.17) is 9.47 Å². The maximum absolute atomic E-state index is 12.1. The van der Waals surface area contributed by atoms with Crippen LogP contribution in [0.3, 0.4) is 0 Å². The molecule has 102 valence electrons. The number of hydrogen-bond acceptors (Lipinski definition) is 4. The fraction of sp³-hybridized carbons (Fsp3) is 0.500. The molecule has 0 unspecified atom stereocenters. The van der Waals surface area contributed by atoms with Crippen LogP contribution in [-0.2, 0) is 11.3 Å². The van der Waals surface area contributed by atoms with Gasteiger partial charge in [-0.15, -0.1) is 0 Å². The average molecular weight is 262 g/mol. The van der Waals surface area contributed by atoms with E-state index < -0.39 is 0 Å². The van der Waals surface area contributed by atoms with Crippen molar-refractivity contribution >= 4 is 5.91 Å². The number of amides is 1. The van der Waals surface area contributed by atoms with Crippen molar-refractivity contribution < 1.29 is 14.3 Å². The second-order valence-electron chi connectivity index (χ2n) is 4.89. The van der Waals surface area contributed by atoms with Crippen LogP contribution in [0.25, 0.3) is 0 Å². The van der Waals surface area contributed by atoms with Gasteiger partial charge in [0.1, 0.15) is 0 Å². The van der Waals surface area contributed by atoms with Crippen LogP contribution in [0.1, 0.15) is 18.4 Å². The van der Waals surface area contributed by atoms with Gasteiger partial charge in [0.05, 0.1) is 0 Å². The molecule has 1 aromatic carbocycles. The third kappa shape index (κ3) is 2.66. The molecule has 2 heterocycles. The van der Waals surface area contributed by atoms with E-state index in [1.165, 1.54) is 0 Å². The summed E-state index contributed by atoms with van der Waals surface area (Å²) in [6, 6.07) is 5.75. The molecule has 1 amide bonds. The average Bonchev–Trinajstić information content (AvgIpc) is 2.94. The van der Waals surface area contributed by atoms with Gasteiger partial charge in [-0.05, 0) is 32.0 Å². The summed E-state index contributed by atoms with van der Waals surface area (Å²) in [4.78, 5) is 12.1. The lowest BCUT2D eigenvalue weighted by Gasteiger charge is -2.21. The van der Waals surface area contributed by atoms with Gasteiger partial charge in [0, 0.05) is 18.0 Å². The fourth-order valence-corrected chi connectivity index (χ4v) is 2.54. The van der Waals surface area contributed by atoms with Gasteiger partial charge in [-0.25, -0.2) is 0 Å². The lowest BCUT2D eigenvalue weighted by molar-refractivity contribution is -0.125. The Morgan fingerprint density at radius 1 is 1.32 bits per heavy atom. The van der Waals surface area contributed by atoms with Gasteiger partial charge in [-0.3, -0.25) is 4.79 Å². The van der Waals surface area contributed by atoms with E-state index in [1.54, 1.807) is 0 Å². The lowest BCUT2D eigenvalue weighted by Crippen LogP contribution is -2.37. The molecule has 0 radical (unpaired) electrons. The van der Waals surface area contributed by atoms with Crippen LogP contribution < -0.4 is 20.1 Å². The van der Waals surface area contributed by atoms with E-state index in [0.717, 1.165) is 43.0 Å². The summed E-state index contributed by atoms with van der Waals surface area (Å²) in [5.74, 6) is 1.79. The number of ether oxygens (including phenoxy) is 2. The Balaban J connectivity index is 1.60. The maximum atomic E-state index is 12.1. The highest BCUT2D eigenvalue weighted by Crippen LogP contribution is 2.35. The molecule has 0 bridgehead atoms. The smallest absolute Gasteiger partial charge is 0.231 e. The summed E-state index contributed by atoms with van der Waals surface area (Å²) in [6.07, 6.45) is 1.83. The topological polar surface area (TPSA) is 59.6 Å². The Hall–Kier alpha value is -1.75. The highest BCUT2D eigenvalue weighted by atomic mass is 16.7. The standard InChI is InChI=1S/C14H18N2O3/c17-14(10-4-6-15-7-5-10)16-8-11-2-1-3-12-13(11)19-9-18-12/h1-3,10,15H,4-9H2,(H,16,17). The predicted molar refractivity (Wildman–Crippen MR) is 70.0 cm³/mol. The molecule has 0 aromatic heterocycles. The SMILES string of the molecule is O=C(NCc1cccc2c1OCO2)C1CCNCC1. The monoisotopic (exact) mass is 262 g/mol. The number of rotatable bonds is 3. The zero-order chi connectivity index (χ0) is 13.1. The Morgan fingerprint density at radius 2 is 2.16 bits per heavy atom. The second kappa shape index (κ2) is 5.48. The van der Waals surface area contributed by atoms with Crippen LogP contribution in [0.15, 0.2) is 18.2 Å². The molecule has 0 atom stereocenters. The summed E-state index contributed by atoms with van der Waals surface area (Å²) >= 11 is 0. The highest BCUT2D eigenvalue weighted by Gasteiger charge is 2.22. The minimum Gasteiger partial charge on any atom is -0.454 e. The van der Waals surface area contributed by atoms with Gasteiger partial charge in [0.2, 0.25) is 12.7 Å². The summed E-state index contributed by atoms with van der Waals surface area (Å²) in [7, 11) is 0. The van der Waals surface area contributed by atoms with Crippen LogP contribution in [0.4, 0.5) is 0 Å². The molecule has 2 aliphatic heterocycles. The van der Waals surface area contributed by atoms with E-state index in [9.17, 15) is 4.79 Å². The second-order valence-corrected chi connectivity index (χ2v) is 4.89. The molecule has 0 spiro atoms. The van der Waals surface area contributed by atoms with Gasteiger partial charge in [-0.2, -0.15) is 0 Å². The number of benzene rings is 1. The Labute approximate surface area is 112 Å². The number of carbonyl (C=O) groups is 1. The minimum atomic E-state index is 0.134. The van der Waals surface area contributed by atoms with Crippen molar-refractivity contribution in [3.05, 3.63) is 23.8 Å². The molecule has 5 heteroatoms. The van der Waals surface area contributed by atoms with E-state index in [0.29, 0.717) is 6.54 Å². The van der Waals surface area contributed by atoms with E-state index in [2.05, 4.69) is 10.6 Å². The number of nitrogens with one attached hydrogen (secondary N) is 2. The van der Waals surface area contributed by atoms with Crippen LogP contribution in [0, 0.1) is 5.92 Å².